The highest BCUT2D eigenvalue weighted by atomic mass is 35.5. The molecule has 2 aromatic heterocycles. The lowest BCUT2D eigenvalue weighted by molar-refractivity contribution is 0.174. The van der Waals surface area contributed by atoms with Crippen molar-refractivity contribution in [3.8, 4) is 23.1 Å². The lowest BCUT2D eigenvalue weighted by Crippen LogP contribution is -2.23. The zero-order chi connectivity index (χ0) is 20.8. The van der Waals surface area contributed by atoms with E-state index in [0.717, 1.165) is 41.5 Å². The summed E-state index contributed by atoms with van der Waals surface area (Å²) in [5.74, 6) is 2.48. The van der Waals surface area contributed by atoms with Gasteiger partial charge in [-0.3, -0.25) is 9.88 Å². The van der Waals surface area contributed by atoms with E-state index in [-0.39, 0.29) is 12.8 Å². The minimum absolute atomic E-state index is 0.0396. The Labute approximate surface area is 183 Å². The van der Waals surface area contributed by atoms with Crippen LogP contribution in [0.25, 0.3) is 22.4 Å². The lowest BCUT2D eigenvalue weighted by Gasteiger charge is -2.22. The number of hydrogen-bond donors (Lipinski definition) is 0. The number of likely N-dealkylation sites (tertiary alicyclic amines) is 1. The second-order valence-corrected chi connectivity index (χ2v) is 8.16. The number of fused-ring (bicyclic) bond motifs is 2. The van der Waals surface area contributed by atoms with E-state index in [2.05, 4.69) is 20.1 Å². The van der Waals surface area contributed by atoms with Gasteiger partial charge in [-0.15, -0.1) is 10.2 Å². The maximum absolute atomic E-state index is 6.50. The third kappa shape index (κ3) is 3.30. The molecule has 2 aromatic carbocycles. The summed E-state index contributed by atoms with van der Waals surface area (Å²) in [7, 11) is 0. The van der Waals surface area contributed by atoms with E-state index in [9.17, 15) is 0 Å². The van der Waals surface area contributed by atoms with Gasteiger partial charge in [-0.25, -0.2) is 0 Å². The van der Waals surface area contributed by atoms with Gasteiger partial charge in [-0.2, -0.15) is 0 Å². The number of rotatable bonds is 4. The van der Waals surface area contributed by atoms with Gasteiger partial charge < -0.3 is 13.9 Å². The van der Waals surface area contributed by atoms with Crippen molar-refractivity contribution in [1.82, 2.24) is 20.1 Å². The van der Waals surface area contributed by atoms with E-state index in [1.165, 1.54) is 0 Å². The van der Waals surface area contributed by atoms with Gasteiger partial charge >= 0.3 is 0 Å². The molecule has 1 atom stereocenters. The quantitative estimate of drug-likeness (QED) is 0.447. The van der Waals surface area contributed by atoms with Gasteiger partial charge in [0.15, 0.2) is 11.5 Å². The first kappa shape index (κ1) is 18.6. The number of ether oxygens (including phenoxy) is 2. The lowest BCUT2D eigenvalue weighted by atomic mass is 10.1. The largest absolute Gasteiger partial charge is 0.454 e. The van der Waals surface area contributed by atoms with Crippen LogP contribution in [-0.4, -0.2) is 33.4 Å². The summed E-state index contributed by atoms with van der Waals surface area (Å²) in [5.41, 5.74) is 1.70. The van der Waals surface area contributed by atoms with Crippen LogP contribution in [0.5, 0.6) is 11.5 Å². The Hall–Kier alpha value is -3.16. The molecule has 1 saturated heterocycles. The van der Waals surface area contributed by atoms with Gasteiger partial charge in [0, 0.05) is 29.2 Å². The Bertz CT molecular complexity index is 1270. The Morgan fingerprint density at radius 2 is 1.94 bits per heavy atom. The Balaban J connectivity index is 1.29. The molecule has 4 heterocycles. The number of aromatic nitrogens is 3. The first-order valence-corrected chi connectivity index (χ1v) is 10.6. The predicted molar refractivity (Wildman–Crippen MR) is 115 cm³/mol. The second kappa shape index (κ2) is 7.51. The van der Waals surface area contributed by atoms with Crippen LogP contribution in [0.3, 0.4) is 0 Å². The molecule has 7 nitrogen and oxygen atoms in total. The molecule has 1 fully saturated rings. The van der Waals surface area contributed by atoms with Crippen LogP contribution in [0.15, 0.2) is 53.1 Å². The molecule has 4 aromatic rings. The summed E-state index contributed by atoms with van der Waals surface area (Å²) < 4.78 is 17.1. The standard InChI is InChI=1S/C23H19ClN4O3/c24-17-11-20-19(29-13-30-20)10-15(17)12-28-9-3-6-18(28)22-26-27-23(31-22)21-16-5-2-1-4-14(16)7-8-25-21/h1-2,4-5,7-8,10-11,18H,3,6,9,12-13H2/t18-/m0/s1. The van der Waals surface area contributed by atoms with Crippen molar-refractivity contribution in [2.24, 2.45) is 0 Å². The van der Waals surface area contributed by atoms with E-state index < -0.39 is 0 Å². The van der Waals surface area contributed by atoms with Crippen molar-refractivity contribution in [2.75, 3.05) is 13.3 Å². The Morgan fingerprint density at radius 3 is 2.87 bits per heavy atom. The van der Waals surface area contributed by atoms with Crippen molar-refractivity contribution in [3.05, 3.63) is 65.1 Å². The molecule has 0 radical (unpaired) electrons. The number of halogens is 1. The highest BCUT2D eigenvalue weighted by Gasteiger charge is 2.32. The SMILES string of the molecule is Clc1cc2c(cc1CN1CCC[C@H]1c1nnc(-c3nccc4ccccc34)o1)OCO2. The first-order valence-electron chi connectivity index (χ1n) is 10.3. The molecule has 0 amide bonds. The predicted octanol–water partition coefficient (Wildman–Crippen LogP) is 5.00. The van der Waals surface area contributed by atoms with Crippen LogP contribution >= 0.6 is 11.6 Å². The highest BCUT2D eigenvalue weighted by Crippen LogP contribution is 2.40. The molecule has 0 bridgehead atoms. The summed E-state index contributed by atoms with van der Waals surface area (Å²) in [6.07, 6.45) is 3.77. The van der Waals surface area contributed by atoms with Gasteiger partial charge in [0.25, 0.3) is 5.89 Å². The second-order valence-electron chi connectivity index (χ2n) is 7.75. The highest BCUT2D eigenvalue weighted by molar-refractivity contribution is 6.31. The average Bonchev–Trinajstić information content (AvgIpc) is 3.54. The zero-order valence-corrected chi connectivity index (χ0v) is 17.4. The topological polar surface area (TPSA) is 73.5 Å². The van der Waals surface area contributed by atoms with Crippen LogP contribution in [0, 0.1) is 0 Å². The van der Waals surface area contributed by atoms with E-state index in [4.69, 9.17) is 25.5 Å². The summed E-state index contributed by atoms with van der Waals surface area (Å²) in [6, 6.07) is 13.8. The molecule has 0 N–H and O–H groups in total. The number of hydrogen-bond acceptors (Lipinski definition) is 7. The minimum Gasteiger partial charge on any atom is -0.454 e. The maximum Gasteiger partial charge on any atom is 0.266 e. The van der Waals surface area contributed by atoms with Crippen LogP contribution in [-0.2, 0) is 6.54 Å². The summed E-state index contributed by atoms with van der Waals surface area (Å²) in [4.78, 5) is 6.81. The first-order chi connectivity index (χ1) is 15.3. The summed E-state index contributed by atoms with van der Waals surface area (Å²) in [5, 5.41) is 11.5. The number of benzene rings is 2. The fraction of sp³-hybridized carbons (Fsp3) is 0.261. The van der Waals surface area contributed by atoms with E-state index >= 15 is 0 Å². The molecule has 156 valence electrons. The van der Waals surface area contributed by atoms with Crippen molar-refractivity contribution < 1.29 is 13.9 Å². The Kier molecular flexibility index (Phi) is 4.51. The van der Waals surface area contributed by atoms with Gasteiger partial charge in [0.1, 0.15) is 5.69 Å². The number of nitrogens with zero attached hydrogens (tertiary/aromatic N) is 4. The van der Waals surface area contributed by atoms with Gasteiger partial charge in [-0.05, 0) is 42.5 Å². The zero-order valence-electron chi connectivity index (χ0n) is 16.6. The molecule has 2 aliphatic heterocycles. The molecule has 6 rings (SSSR count). The average molecular weight is 435 g/mol. The summed E-state index contributed by atoms with van der Waals surface area (Å²) in [6.45, 7) is 1.83. The van der Waals surface area contributed by atoms with Gasteiger partial charge in [-0.1, -0.05) is 35.9 Å². The van der Waals surface area contributed by atoms with Crippen molar-refractivity contribution in [1.29, 1.82) is 0 Å². The van der Waals surface area contributed by atoms with Crippen LogP contribution in [0.1, 0.15) is 30.3 Å². The van der Waals surface area contributed by atoms with Crippen molar-refractivity contribution in [3.63, 3.8) is 0 Å². The van der Waals surface area contributed by atoms with Crippen LogP contribution in [0.2, 0.25) is 5.02 Å². The van der Waals surface area contributed by atoms with E-state index in [0.29, 0.717) is 34.8 Å². The number of pyridine rings is 1. The van der Waals surface area contributed by atoms with Crippen LogP contribution in [0.4, 0.5) is 0 Å². The smallest absolute Gasteiger partial charge is 0.266 e. The monoisotopic (exact) mass is 434 g/mol. The molecule has 0 spiro atoms. The minimum atomic E-state index is 0.0396. The maximum atomic E-state index is 6.50. The normalized spacial score (nSPS) is 18.2. The van der Waals surface area contributed by atoms with Gasteiger partial charge in [0.05, 0.1) is 6.04 Å². The van der Waals surface area contributed by atoms with E-state index in [1.807, 2.05) is 42.5 Å². The molecule has 8 heteroatoms. The third-order valence-electron chi connectivity index (χ3n) is 5.88. The van der Waals surface area contributed by atoms with Gasteiger partial charge in [0.2, 0.25) is 12.7 Å². The fourth-order valence-electron chi connectivity index (χ4n) is 4.35. The molecular weight excluding hydrogens is 416 g/mol. The molecular formula is C23H19ClN4O3. The molecule has 0 aliphatic carbocycles. The third-order valence-corrected chi connectivity index (χ3v) is 6.23. The summed E-state index contributed by atoms with van der Waals surface area (Å²) >= 11 is 6.50. The molecule has 31 heavy (non-hydrogen) atoms. The van der Waals surface area contributed by atoms with Crippen molar-refractivity contribution in [2.45, 2.75) is 25.4 Å². The molecule has 2 aliphatic rings. The molecule has 0 saturated carbocycles. The fourth-order valence-corrected chi connectivity index (χ4v) is 4.56. The Morgan fingerprint density at radius 1 is 1.06 bits per heavy atom. The molecule has 0 unspecified atom stereocenters. The van der Waals surface area contributed by atoms with Crippen LogP contribution < -0.4 is 9.47 Å². The van der Waals surface area contributed by atoms with E-state index in [1.54, 1.807) is 6.20 Å². The van der Waals surface area contributed by atoms with Crippen molar-refractivity contribution >= 4 is 22.4 Å².